The van der Waals surface area contributed by atoms with Crippen LogP contribution in [0, 0.1) is 5.82 Å². The smallest absolute Gasteiger partial charge is 0.146 e. The van der Waals surface area contributed by atoms with E-state index in [1.165, 1.54) is 6.07 Å². The highest BCUT2D eigenvalue weighted by Crippen LogP contribution is 2.27. The molecule has 1 N–H and O–H groups in total. The minimum absolute atomic E-state index is 0.119. The van der Waals surface area contributed by atoms with Gasteiger partial charge < -0.3 is 5.32 Å². The lowest BCUT2D eigenvalue weighted by atomic mass is 9.99. The third-order valence-corrected chi connectivity index (χ3v) is 3.35. The second-order valence-electron chi connectivity index (χ2n) is 4.75. The van der Waals surface area contributed by atoms with Crippen LogP contribution in [-0.4, -0.2) is 4.98 Å². The molecular formula is C18H15FN2. The molecule has 3 aromatic rings. The molecule has 0 fully saturated rings. The monoisotopic (exact) mass is 278 g/mol. The molecule has 0 aliphatic carbocycles. The summed E-state index contributed by atoms with van der Waals surface area (Å²) in [5.74, 6) is -0.257. The highest BCUT2D eigenvalue weighted by atomic mass is 19.1. The zero-order valence-electron chi connectivity index (χ0n) is 11.4. The fraction of sp³-hybridized carbons (Fsp3) is 0.0556. The van der Waals surface area contributed by atoms with Crippen molar-refractivity contribution in [2.24, 2.45) is 0 Å². The summed E-state index contributed by atoms with van der Waals surface area (Å²) in [6.07, 6.45) is 3.49. The van der Waals surface area contributed by atoms with Crippen molar-refractivity contribution >= 4 is 5.69 Å². The van der Waals surface area contributed by atoms with Crippen molar-refractivity contribution in [2.45, 2.75) is 6.04 Å². The van der Waals surface area contributed by atoms with Crippen LogP contribution < -0.4 is 5.32 Å². The number of para-hydroxylation sites is 1. The van der Waals surface area contributed by atoms with Crippen LogP contribution in [0.25, 0.3) is 0 Å². The fourth-order valence-electron chi connectivity index (χ4n) is 2.29. The number of benzene rings is 2. The van der Waals surface area contributed by atoms with Crippen LogP contribution >= 0.6 is 0 Å². The van der Waals surface area contributed by atoms with Crippen LogP contribution in [-0.2, 0) is 0 Å². The number of pyridine rings is 1. The Morgan fingerprint density at radius 1 is 0.762 bits per heavy atom. The van der Waals surface area contributed by atoms with E-state index in [0.29, 0.717) is 5.69 Å². The minimum atomic E-state index is -0.257. The number of hydrogen-bond acceptors (Lipinski definition) is 2. The average Bonchev–Trinajstić information content (AvgIpc) is 2.56. The van der Waals surface area contributed by atoms with Gasteiger partial charge in [-0.2, -0.15) is 0 Å². The van der Waals surface area contributed by atoms with Gasteiger partial charge in [-0.3, -0.25) is 4.98 Å². The van der Waals surface area contributed by atoms with E-state index >= 15 is 0 Å². The molecule has 0 saturated carbocycles. The number of hydrogen-bond donors (Lipinski definition) is 1. The van der Waals surface area contributed by atoms with Gasteiger partial charge in [0.25, 0.3) is 0 Å². The Hall–Kier alpha value is -2.68. The number of aromatic nitrogens is 1. The van der Waals surface area contributed by atoms with Crippen molar-refractivity contribution in [3.8, 4) is 0 Å². The topological polar surface area (TPSA) is 24.9 Å². The molecule has 21 heavy (non-hydrogen) atoms. The van der Waals surface area contributed by atoms with Crippen molar-refractivity contribution in [3.05, 3.63) is 96.1 Å². The molecule has 0 spiro atoms. The molecule has 0 saturated heterocycles. The van der Waals surface area contributed by atoms with Gasteiger partial charge in [-0.1, -0.05) is 42.5 Å². The summed E-state index contributed by atoms with van der Waals surface area (Å²) in [5, 5.41) is 3.28. The zero-order chi connectivity index (χ0) is 14.5. The Kier molecular flexibility index (Phi) is 3.92. The van der Waals surface area contributed by atoms with Crippen molar-refractivity contribution in [2.75, 3.05) is 5.32 Å². The summed E-state index contributed by atoms with van der Waals surface area (Å²) >= 11 is 0. The maximum absolute atomic E-state index is 13.9. The summed E-state index contributed by atoms with van der Waals surface area (Å²) in [7, 11) is 0. The van der Waals surface area contributed by atoms with Gasteiger partial charge in [0.1, 0.15) is 5.82 Å². The normalized spacial score (nSPS) is 11.9. The van der Waals surface area contributed by atoms with Gasteiger partial charge in [-0.05, 0) is 35.4 Å². The molecular weight excluding hydrogens is 263 g/mol. The first-order chi connectivity index (χ1) is 10.3. The average molecular weight is 278 g/mol. The lowest BCUT2D eigenvalue weighted by Gasteiger charge is -2.21. The molecule has 0 amide bonds. The molecule has 1 heterocycles. The van der Waals surface area contributed by atoms with Gasteiger partial charge in [0.05, 0.1) is 11.7 Å². The van der Waals surface area contributed by atoms with E-state index in [9.17, 15) is 4.39 Å². The van der Waals surface area contributed by atoms with E-state index < -0.39 is 0 Å². The third kappa shape index (κ3) is 3.08. The maximum atomic E-state index is 13.9. The first-order valence-electron chi connectivity index (χ1n) is 6.80. The molecule has 2 nitrogen and oxygen atoms in total. The van der Waals surface area contributed by atoms with Gasteiger partial charge in [0.2, 0.25) is 0 Å². The molecule has 3 heteroatoms. The Morgan fingerprint density at radius 2 is 1.38 bits per heavy atom. The van der Waals surface area contributed by atoms with Crippen molar-refractivity contribution in [3.63, 3.8) is 0 Å². The number of rotatable bonds is 4. The lowest BCUT2D eigenvalue weighted by Crippen LogP contribution is -2.13. The van der Waals surface area contributed by atoms with Crippen LogP contribution in [0.3, 0.4) is 0 Å². The van der Waals surface area contributed by atoms with E-state index in [1.54, 1.807) is 24.5 Å². The third-order valence-electron chi connectivity index (χ3n) is 3.35. The van der Waals surface area contributed by atoms with Gasteiger partial charge in [0, 0.05) is 12.4 Å². The standard InChI is InChI=1S/C18H15FN2/c19-16-8-4-5-9-17(16)21-18(14-6-2-1-3-7-14)15-10-12-20-13-11-15/h1-13,18,21H. The Bertz CT molecular complexity index is 659. The molecule has 0 bridgehead atoms. The Balaban J connectivity index is 1.99. The van der Waals surface area contributed by atoms with Crippen LogP contribution in [0.1, 0.15) is 17.2 Å². The van der Waals surface area contributed by atoms with E-state index in [1.807, 2.05) is 48.5 Å². The maximum Gasteiger partial charge on any atom is 0.146 e. The number of anilines is 1. The summed E-state index contributed by atoms with van der Waals surface area (Å²) in [6, 6.07) is 20.4. The molecule has 3 rings (SSSR count). The van der Waals surface area contributed by atoms with Crippen LogP contribution in [0.2, 0.25) is 0 Å². The summed E-state index contributed by atoms with van der Waals surface area (Å²) in [6.45, 7) is 0. The molecule has 0 aliphatic heterocycles. The van der Waals surface area contributed by atoms with E-state index in [-0.39, 0.29) is 11.9 Å². The number of nitrogens with one attached hydrogen (secondary N) is 1. The SMILES string of the molecule is Fc1ccccc1NC(c1ccccc1)c1ccncc1. The molecule has 0 aliphatic rings. The molecule has 1 unspecified atom stereocenters. The quantitative estimate of drug-likeness (QED) is 0.764. The number of halogens is 1. The summed E-state index contributed by atoms with van der Waals surface area (Å²) in [5.41, 5.74) is 2.61. The predicted octanol–water partition coefficient (Wildman–Crippen LogP) is 4.42. The number of nitrogens with zero attached hydrogens (tertiary/aromatic N) is 1. The van der Waals surface area contributed by atoms with Crippen molar-refractivity contribution in [1.82, 2.24) is 4.98 Å². The first-order valence-corrected chi connectivity index (χ1v) is 6.80. The van der Waals surface area contributed by atoms with Gasteiger partial charge >= 0.3 is 0 Å². The van der Waals surface area contributed by atoms with E-state index in [2.05, 4.69) is 10.3 Å². The lowest BCUT2D eigenvalue weighted by molar-refractivity contribution is 0.628. The fourth-order valence-corrected chi connectivity index (χ4v) is 2.29. The largest absolute Gasteiger partial charge is 0.372 e. The molecule has 104 valence electrons. The highest BCUT2D eigenvalue weighted by molar-refractivity contribution is 5.49. The van der Waals surface area contributed by atoms with Gasteiger partial charge in [-0.15, -0.1) is 0 Å². The molecule has 0 radical (unpaired) electrons. The zero-order valence-corrected chi connectivity index (χ0v) is 11.4. The molecule has 1 aromatic heterocycles. The molecule has 2 aromatic carbocycles. The second-order valence-corrected chi connectivity index (χ2v) is 4.75. The van der Waals surface area contributed by atoms with Crippen LogP contribution in [0.15, 0.2) is 79.1 Å². The van der Waals surface area contributed by atoms with Crippen molar-refractivity contribution in [1.29, 1.82) is 0 Å². The van der Waals surface area contributed by atoms with Crippen LogP contribution in [0.4, 0.5) is 10.1 Å². The summed E-state index contributed by atoms with van der Waals surface area (Å²) in [4.78, 5) is 4.04. The summed E-state index contributed by atoms with van der Waals surface area (Å²) < 4.78 is 13.9. The predicted molar refractivity (Wildman–Crippen MR) is 82.5 cm³/mol. The van der Waals surface area contributed by atoms with E-state index in [0.717, 1.165) is 11.1 Å². The van der Waals surface area contributed by atoms with Gasteiger partial charge in [-0.25, -0.2) is 4.39 Å². The highest BCUT2D eigenvalue weighted by Gasteiger charge is 2.15. The first kappa shape index (κ1) is 13.3. The Morgan fingerprint density at radius 3 is 2.10 bits per heavy atom. The minimum Gasteiger partial charge on any atom is -0.372 e. The Labute approximate surface area is 123 Å². The van der Waals surface area contributed by atoms with Crippen molar-refractivity contribution < 1.29 is 4.39 Å². The molecule has 1 atom stereocenters. The van der Waals surface area contributed by atoms with E-state index in [4.69, 9.17) is 0 Å². The second kappa shape index (κ2) is 6.18. The van der Waals surface area contributed by atoms with Crippen LogP contribution in [0.5, 0.6) is 0 Å². The van der Waals surface area contributed by atoms with Gasteiger partial charge in [0.15, 0.2) is 0 Å².